The Hall–Kier alpha value is -1.14. The summed E-state index contributed by atoms with van der Waals surface area (Å²) in [5.41, 5.74) is 0. The highest BCUT2D eigenvalue weighted by molar-refractivity contribution is 5.72. The molecule has 1 aliphatic rings. The molecule has 0 spiro atoms. The normalized spacial score (nSPS) is 22.2. The van der Waals surface area contributed by atoms with Gasteiger partial charge in [-0.2, -0.15) is 0 Å². The molecule has 1 unspecified atom stereocenters. The quantitative estimate of drug-likeness (QED) is 0.728. The van der Waals surface area contributed by atoms with Crippen molar-refractivity contribution in [3.8, 4) is 0 Å². The number of carbonyl (C=O) groups excluding carboxylic acids is 2. The monoisotopic (exact) mass is 260 g/mol. The van der Waals surface area contributed by atoms with E-state index in [9.17, 15) is 14.7 Å². The van der Waals surface area contributed by atoms with Crippen LogP contribution in [0.15, 0.2) is 0 Å². The van der Waals surface area contributed by atoms with Crippen LogP contribution in [-0.4, -0.2) is 34.2 Å². The van der Waals surface area contributed by atoms with Crippen LogP contribution >= 0.6 is 0 Å². The van der Waals surface area contributed by atoms with E-state index >= 15 is 0 Å². The summed E-state index contributed by atoms with van der Waals surface area (Å²) in [7, 11) is 0. The van der Waals surface area contributed by atoms with Gasteiger partial charge in [-0.3, -0.25) is 9.59 Å². The Bertz CT molecular complexity index is 279. The molecule has 1 fully saturated rings. The first-order chi connectivity index (χ1) is 8.41. The summed E-state index contributed by atoms with van der Waals surface area (Å²) in [6.07, 6.45) is 1.66. The van der Waals surface area contributed by atoms with Crippen molar-refractivity contribution in [2.24, 2.45) is 0 Å². The minimum atomic E-state index is -2.19. The molecule has 18 heavy (non-hydrogen) atoms. The first-order valence-corrected chi connectivity index (χ1v) is 6.25. The summed E-state index contributed by atoms with van der Waals surface area (Å²) in [4.78, 5) is 22.8. The van der Waals surface area contributed by atoms with Gasteiger partial charge in [0, 0.05) is 12.8 Å². The van der Waals surface area contributed by atoms with E-state index in [0.717, 1.165) is 0 Å². The molecule has 0 aromatic carbocycles. The zero-order valence-electron chi connectivity index (χ0n) is 10.6. The van der Waals surface area contributed by atoms with Crippen molar-refractivity contribution in [3.63, 3.8) is 0 Å². The van der Waals surface area contributed by atoms with E-state index < -0.39 is 24.0 Å². The third-order valence-corrected chi connectivity index (χ3v) is 2.67. The number of carbonyl (C=O) groups is 2. The highest BCUT2D eigenvalue weighted by atomic mass is 16.8. The summed E-state index contributed by atoms with van der Waals surface area (Å²) in [6, 6.07) is 0. The number of esters is 2. The lowest BCUT2D eigenvalue weighted by atomic mass is 10.1. The van der Waals surface area contributed by atoms with Gasteiger partial charge in [0.1, 0.15) is 0 Å². The van der Waals surface area contributed by atoms with Crippen molar-refractivity contribution in [3.05, 3.63) is 0 Å². The topological polar surface area (TPSA) is 93.1 Å². The van der Waals surface area contributed by atoms with Gasteiger partial charge in [0.25, 0.3) is 0 Å². The molecule has 6 heteroatoms. The molecule has 1 aliphatic heterocycles. The molecule has 0 aliphatic carbocycles. The Morgan fingerprint density at radius 1 is 1.22 bits per heavy atom. The first kappa shape index (κ1) is 14.9. The van der Waals surface area contributed by atoms with Crippen LogP contribution in [0.2, 0.25) is 0 Å². The number of rotatable bonds is 4. The molecular formula is C12H20O6. The van der Waals surface area contributed by atoms with Crippen molar-refractivity contribution in [2.45, 2.75) is 63.9 Å². The predicted molar refractivity (Wildman–Crippen MR) is 61.1 cm³/mol. The second-order valence-electron chi connectivity index (χ2n) is 4.61. The molecule has 1 rings (SSSR count). The van der Waals surface area contributed by atoms with E-state index in [1.165, 1.54) is 0 Å². The van der Waals surface area contributed by atoms with Gasteiger partial charge >= 0.3 is 17.9 Å². The lowest BCUT2D eigenvalue weighted by Gasteiger charge is -2.26. The van der Waals surface area contributed by atoms with Gasteiger partial charge in [0.2, 0.25) is 0 Å². The zero-order chi connectivity index (χ0) is 13.6. The fraction of sp³-hybridized carbons (Fsp3) is 0.833. The molecule has 0 amide bonds. The number of aliphatic hydroxyl groups excluding tert-OH is 1. The van der Waals surface area contributed by atoms with Crippen LogP contribution in [0.4, 0.5) is 0 Å². The highest BCUT2D eigenvalue weighted by Gasteiger charge is 2.36. The molecule has 0 bridgehead atoms. The van der Waals surface area contributed by atoms with Gasteiger partial charge < -0.3 is 19.7 Å². The summed E-state index contributed by atoms with van der Waals surface area (Å²) < 4.78 is 9.61. The van der Waals surface area contributed by atoms with E-state index in [-0.39, 0.29) is 19.3 Å². The number of hydrogen-bond donors (Lipinski definition) is 2. The van der Waals surface area contributed by atoms with Crippen LogP contribution in [0, 0.1) is 0 Å². The predicted octanol–water partition coefficient (Wildman–Crippen LogP) is 0.844. The van der Waals surface area contributed by atoms with Gasteiger partial charge in [-0.15, -0.1) is 0 Å². The molecule has 6 nitrogen and oxygen atoms in total. The van der Waals surface area contributed by atoms with Crippen LogP contribution in [-0.2, 0) is 19.1 Å². The number of hydrogen-bond acceptors (Lipinski definition) is 6. The molecule has 0 radical (unpaired) electrons. The number of cyclic esters (lactones) is 2. The summed E-state index contributed by atoms with van der Waals surface area (Å²) in [6.45, 7) is 1.62. The zero-order valence-corrected chi connectivity index (χ0v) is 10.6. The van der Waals surface area contributed by atoms with Crippen LogP contribution in [0.25, 0.3) is 0 Å². The lowest BCUT2D eigenvalue weighted by Crippen LogP contribution is -2.39. The molecule has 2 N–H and O–H groups in total. The van der Waals surface area contributed by atoms with Crippen LogP contribution in [0.3, 0.4) is 0 Å². The highest BCUT2D eigenvalue weighted by Crippen LogP contribution is 2.23. The second-order valence-corrected chi connectivity index (χ2v) is 4.61. The minimum absolute atomic E-state index is 0.0324. The van der Waals surface area contributed by atoms with Gasteiger partial charge in [-0.1, -0.05) is 0 Å². The first-order valence-electron chi connectivity index (χ1n) is 6.25. The van der Waals surface area contributed by atoms with E-state index in [0.29, 0.717) is 25.7 Å². The summed E-state index contributed by atoms with van der Waals surface area (Å²) in [5, 5.41) is 19.1. The molecule has 0 aromatic rings. The van der Waals surface area contributed by atoms with E-state index in [2.05, 4.69) is 0 Å². The molecular weight excluding hydrogens is 240 g/mol. The maximum absolute atomic E-state index is 11.4. The Balaban J connectivity index is 2.59. The molecule has 1 atom stereocenters. The van der Waals surface area contributed by atoms with Crippen LogP contribution in [0.1, 0.15) is 51.9 Å². The molecule has 1 saturated heterocycles. The molecule has 1 heterocycles. The standard InChI is InChI=1S/C12H20O6/c1-9(13)5-4-8-12(16)17-10(14)6-2-3-7-11(15)18-12/h9,13,16H,2-8H2,1H3. The smallest absolute Gasteiger partial charge is 0.373 e. The fourth-order valence-corrected chi connectivity index (χ4v) is 1.74. The van der Waals surface area contributed by atoms with Crippen molar-refractivity contribution < 1.29 is 29.3 Å². The fourth-order valence-electron chi connectivity index (χ4n) is 1.74. The maximum Gasteiger partial charge on any atom is 0.373 e. The minimum Gasteiger partial charge on any atom is -0.398 e. The van der Waals surface area contributed by atoms with Crippen molar-refractivity contribution >= 4 is 11.9 Å². The van der Waals surface area contributed by atoms with E-state index in [1.807, 2.05) is 0 Å². The van der Waals surface area contributed by atoms with Crippen LogP contribution < -0.4 is 0 Å². The van der Waals surface area contributed by atoms with Crippen molar-refractivity contribution in [2.75, 3.05) is 0 Å². The molecule has 0 aromatic heterocycles. The number of aliphatic hydroxyl groups is 2. The Morgan fingerprint density at radius 3 is 2.17 bits per heavy atom. The second kappa shape index (κ2) is 6.70. The SMILES string of the molecule is CC(O)CCCC1(O)OC(=O)CCCCC(=O)O1. The Kier molecular flexibility index (Phi) is 5.55. The van der Waals surface area contributed by atoms with Gasteiger partial charge in [0.05, 0.1) is 12.5 Å². The number of ether oxygens (including phenoxy) is 2. The summed E-state index contributed by atoms with van der Waals surface area (Å²) in [5.74, 6) is -3.35. The lowest BCUT2D eigenvalue weighted by molar-refractivity contribution is -0.327. The van der Waals surface area contributed by atoms with Crippen molar-refractivity contribution in [1.82, 2.24) is 0 Å². The van der Waals surface area contributed by atoms with E-state index in [4.69, 9.17) is 14.6 Å². The third-order valence-electron chi connectivity index (χ3n) is 2.67. The third kappa shape index (κ3) is 5.46. The average Bonchev–Trinajstić information content (AvgIpc) is 2.28. The van der Waals surface area contributed by atoms with Gasteiger partial charge in [-0.05, 0) is 32.6 Å². The molecule has 0 saturated carbocycles. The average molecular weight is 260 g/mol. The summed E-state index contributed by atoms with van der Waals surface area (Å²) >= 11 is 0. The van der Waals surface area contributed by atoms with E-state index in [1.54, 1.807) is 6.92 Å². The van der Waals surface area contributed by atoms with Gasteiger partial charge in [0.15, 0.2) is 0 Å². The Labute approximate surface area is 106 Å². The van der Waals surface area contributed by atoms with Crippen LogP contribution in [0.5, 0.6) is 0 Å². The Morgan fingerprint density at radius 2 is 1.72 bits per heavy atom. The maximum atomic E-state index is 11.4. The largest absolute Gasteiger partial charge is 0.398 e. The molecule has 104 valence electrons. The van der Waals surface area contributed by atoms with Crippen molar-refractivity contribution in [1.29, 1.82) is 0 Å². The van der Waals surface area contributed by atoms with Gasteiger partial charge in [-0.25, -0.2) is 0 Å².